The van der Waals surface area contributed by atoms with E-state index in [0.29, 0.717) is 0 Å². The van der Waals surface area contributed by atoms with Crippen molar-refractivity contribution in [1.82, 2.24) is 0 Å². The van der Waals surface area contributed by atoms with Crippen LogP contribution in [0.4, 0.5) is 0 Å². The molecular formula is C12H13ClHf. The van der Waals surface area contributed by atoms with Crippen molar-refractivity contribution < 1.29 is 25.8 Å². The van der Waals surface area contributed by atoms with Gasteiger partial charge in [-0.2, -0.15) is 0 Å². The second-order valence-electron chi connectivity index (χ2n) is 3.65. The molecule has 0 nitrogen and oxygen atoms in total. The van der Waals surface area contributed by atoms with E-state index in [1.807, 2.05) is 0 Å². The fourth-order valence-corrected chi connectivity index (χ4v) is 2.08. The predicted molar refractivity (Wildman–Crippen MR) is 57.9 cm³/mol. The maximum absolute atomic E-state index is 6.53. The Balaban J connectivity index is 0.000000980. The average Bonchev–Trinajstić information content (AvgIpc) is 2.78. The number of alkyl halides is 1. The van der Waals surface area contributed by atoms with Crippen LogP contribution >= 0.6 is 11.6 Å². The summed E-state index contributed by atoms with van der Waals surface area (Å²) in [6, 6.07) is 0. The maximum atomic E-state index is 6.53. The summed E-state index contributed by atoms with van der Waals surface area (Å²) in [6.07, 6.45) is 14.7. The SMILES string of the molecule is CC(Cl)(C1=CC=CC1)C1=CC=CC1.[Hf]. The molecule has 0 unspecified atom stereocenters. The number of hydrogen-bond donors (Lipinski definition) is 0. The maximum Gasteiger partial charge on any atom is 0.0848 e. The molecule has 0 atom stereocenters. The summed E-state index contributed by atoms with van der Waals surface area (Å²) in [5, 5.41) is 0. The van der Waals surface area contributed by atoms with Gasteiger partial charge in [0.25, 0.3) is 0 Å². The molecule has 2 heteroatoms. The van der Waals surface area contributed by atoms with Gasteiger partial charge >= 0.3 is 0 Å². The van der Waals surface area contributed by atoms with E-state index in [-0.39, 0.29) is 30.7 Å². The zero-order chi connectivity index (χ0) is 9.31. The Labute approximate surface area is 109 Å². The monoisotopic (exact) mass is 372 g/mol. The van der Waals surface area contributed by atoms with Gasteiger partial charge in [-0.15, -0.1) is 11.6 Å². The Hall–Kier alpha value is 0.120. The summed E-state index contributed by atoms with van der Waals surface area (Å²) in [7, 11) is 0. The van der Waals surface area contributed by atoms with Crippen LogP contribution in [0, 0.1) is 0 Å². The van der Waals surface area contributed by atoms with Crippen molar-refractivity contribution in [3.05, 3.63) is 47.6 Å². The van der Waals surface area contributed by atoms with Crippen LogP contribution in [0.1, 0.15) is 19.8 Å². The third kappa shape index (κ3) is 2.20. The fraction of sp³-hybridized carbons (Fsp3) is 0.333. The van der Waals surface area contributed by atoms with E-state index in [9.17, 15) is 0 Å². The largest absolute Gasteiger partial charge is 0.110 e. The van der Waals surface area contributed by atoms with Gasteiger partial charge in [0.2, 0.25) is 0 Å². The van der Waals surface area contributed by atoms with Crippen molar-refractivity contribution in [2.24, 2.45) is 0 Å². The summed E-state index contributed by atoms with van der Waals surface area (Å²) in [4.78, 5) is -0.271. The standard InChI is InChI=1S/C12H13Cl.Hf/c1-12(13,10-6-2-3-7-10)11-8-4-5-9-11;/h2-6,8H,7,9H2,1H3;. The van der Waals surface area contributed by atoms with E-state index in [1.54, 1.807) is 0 Å². The minimum absolute atomic E-state index is 0. The summed E-state index contributed by atoms with van der Waals surface area (Å²) in [6.45, 7) is 2.09. The Bertz CT molecular complexity index is 300. The minimum atomic E-state index is -0.271. The van der Waals surface area contributed by atoms with Crippen molar-refractivity contribution in [3.63, 3.8) is 0 Å². The molecule has 0 aromatic carbocycles. The molecule has 0 aromatic heterocycles. The van der Waals surface area contributed by atoms with Gasteiger partial charge in [0.15, 0.2) is 0 Å². The quantitative estimate of drug-likeness (QED) is 0.512. The zero-order valence-corrected chi connectivity index (χ0v) is 12.6. The molecule has 0 aromatic rings. The predicted octanol–water partition coefficient (Wildman–Crippen LogP) is 3.75. The summed E-state index contributed by atoms with van der Waals surface area (Å²) in [5.41, 5.74) is 2.62. The van der Waals surface area contributed by atoms with Gasteiger partial charge < -0.3 is 0 Å². The number of hydrogen-bond acceptors (Lipinski definition) is 0. The second-order valence-corrected chi connectivity index (χ2v) is 4.41. The Morgan fingerprint density at radius 1 is 1.07 bits per heavy atom. The number of allylic oxidation sites excluding steroid dienone is 8. The molecule has 2 aliphatic rings. The van der Waals surface area contributed by atoms with Gasteiger partial charge in [-0.05, 0) is 30.9 Å². The third-order valence-electron chi connectivity index (χ3n) is 2.75. The first kappa shape index (κ1) is 12.2. The summed E-state index contributed by atoms with van der Waals surface area (Å²) >= 11 is 6.53. The molecule has 2 rings (SSSR count). The van der Waals surface area contributed by atoms with Crippen molar-refractivity contribution in [1.29, 1.82) is 0 Å². The summed E-state index contributed by atoms with van der Waals surface area (Å²) in [5.74, 6) is 0. The van der Waals surface area contributed by atoms with Crippen LogP contribution < -0.4 is 0 Å². The number of rotatable bonds is 2. The average molecular weight is 371 g/mol. The van der Waals surface area contributed by atoms with Crippen molar-refractivity contribution in [3.8, 4) is 0 Å². The van der Waals surface area contributed by atoms with Crippen molar-refractivity contribution in [2.45, 2.75) is 24.6 Å². The molecule has 0 heterocycles. The Morgan fingerprint density at radius 3 is 1.79 bits per heavy atom. The Morgan fingerprint density at radius 2 is 1.50 bits per heavy atom. The molecule has 14 heavy (non-hydrogen) atoms. The van der Waals surface area contributed by atoms with Gasteiger partial charge in [-0.1, -0.05) is 36.5 Å². The van der Waals surface area contributed by atoms with Crippen LogP contribution in [0.2, 0.25) is 0 Å². The Kier molecular flexibility index (Phi) is 4.15. The molecule has 0 amide bonds. The van der Waals surface area contributed by atoms with Gasteiger partial charge in [-0.25, -0.2) is 0 Å². The molecular weight excluding hydrogens is 358 g/mol. The van der Waals surface area contributed by atoms with Gasteiger partial charge in [0.05, 0.1) is 4.87 Å². The van der Waals surface area contributed by atoms with Crippen LogP contribution in [0.5, 0.6) is 0 Å². The zero-order valence-electron chi connectivity index (χ0n) is 8.26. The van der Waals surface area contributed by atoms with E-state index in [0.717, 1.165) is 12.8 Å². The van der Waals surface area contributed by atoms with Crippen LogP contribution in [0.25, 0.3) is 0 Å². The first-order valence-electron chi connectivity index (χ1n) is 4.62. The molecule has 0 saturated carbocycles. The third-order valence-corrected chi connectivity index (χ3v) is 3.23. The molecule has 0 fully saturated rings. The van der Waals surface area contributed by atoms with Crippen LogP contribution in [-0.2, 0) is 25.8 Å². The molecule has 0 bridgehead atoms. The van der Waals surface area contributed by atoms with E-state index in [2.05, 4.69) is 43.4 Å². The normalized spacial score (nSPS) is 19.3. The van der Waals surface area contributed by atoms with E-state index in [4.69, 9.17) is 11.6 Å². The fourth-order valence-electron chi connectivity index (χ4n) is 1.80. The number of halogens is 1. The van der Waals surface area contributed by atoms with E-state index < -0.39 is 0 Å². The molecule has 2 aliphatic carbocycles. The molecule has 0 saturated heterocycles. The van der Waals surface area contributed by atoms with E-state index >= 15 is 0 Å². The molecule has 0 aliphatic heterocycles. The molecule has 0 spiro atoms. The molecule has 0 N–H and O–H groups in total. The second kappa shape index (κ2) is 4.76. The van der Waals surface area contributed by atoms with Gasteiger partial charge in [-0.3, -0.25) is 0 Å². The summed E-state index contributed by atoms with van der Waals surface area (Å²) < 4.78 is 0. The van der Waals surface area contributed by atoms with Crippen molar-refractivity contribution >= 4 is 11.6 Å². The molecule has 0 radical (unpaired) electrons. The van der Waals surface area contributed by atoms with Crippen molar-refractivity contribution in [2.75, 3.05) is 0 Å². The minimum Gasteiger partial charge on any atom is -0.110 e. The van der Waals surface area contributed by atoms with Gasteiger partial charge in [0, 0.05) is 25.8 Å². The van der Waals surface area contributed by atoms with E-state index in [1.165, 1.54) is 11.1 Å². The van der Waals surface area contributed by atoms with Crippen LogP contribution in [0.3, 0.4) is 0 Å². The molecule has 72 valence electrons. The van der Waals surface area contributed by atoms with Crippen LogP contribution in [0.15, 0.2) is 47.6 Å². The van der Waals surface area contributed by atoms with Gasteiger partial charge in [0.1, 0.15) is 0 Å². The van der Waals surface area contributed by atoms with Crippen LogP contribution in [-0.4, -0.2) is 4.87 Å². The smallest absolute Gasteiger partial charge is 0.0848 e. The topological polar surface area (TPSA) is 0 Å². The first-order valence-corrected chi connectivity index (χ1v) is 5.00. The first-order chi connectivity index (χ1) is 6.21.